The number of carbonyl (C=O) groups is 4. The van der Waals surface area contributed by atoms with E-state index in [1.165, 1.54) is 0 Å². The number of aldehydes is 1. The molecule has 8 nitrogen and oxygen atoms in total. The number of carbonyl (C=O) groups excluding carboxylic acids is 4. The smallest absolute Gasteiger partial charge is 0.271 e. The third kappa shape index (κ3) is 3.26. The number of nitrogens with zero attached hydrogens (tertiary/aromatic N) is 1. The highest BCUT2D eigenvalue weighted by Gasteiger charge is 2.69. The number of hydrogen-bond acceptors (Lipinski definition) is 5. The molecule has 2 aromatic rings. The summed E-state index contributed by atoms with van der Waals surface area (Å²) in [5, 5.41) is 7.54. The van der Waals surface area contributed by atoms with E-state index < -0.39 is 12.1 Å². The van der Waals surface area contributed by atoms with Crippen molar-refractivity contribution in [3.05, 3.63) is 23.2 Å². The lowest BCUT2D eigenvalue weighted by Crippen LogP contribution is -2.52. The van der Waals surface area contributed by atoms with Crippen LogP contribution in [-0.2, 0) is 14.4 Å². The van der Waals surface area contributed by atoms with Crippen LogP contribution in [0, 0.1) is 23.2 Å². The van der Waals surface area contributed by atoms with Crippen LogP contribution in [-0.4, -0.2) is 59.1 Å². The first-order valence-corrected chi connectivity index (χ1v) is 11.6. The predicted octanol–water partition coefficient (Wildman–Crippen LogP) is 1.54. The van der Waals surface area contributed by atoms with Gasteiger partial charge in [-0.2, -0.15) is 0 Å². The fourth-order valence-corrected chi connectivity index (χ4v) is 6.29. The molecule has 164 valence electrons. The molecule has 0 radical (unpaired) electrons. The standard InChI is InChI=1S/C22H26N4O4S/c1-22(2)13-9-26(21(30)15-8-16-14(25-15)4-6-31-16)18(17(13)22)20(29)24-12(10-27)7-11-3-5-23-19(11)28/h4,6,8,10-13,17-18,25H,3,5,7,9H2,1-2H3,(H,23,28)(H,24,29)/t11-,12-,13-,17-,18-/m0/s1. The molecular formula is C22H26N4O4S. The van der Waals surface area contributed by atoms with Gasteiger partial charge in [-0.15, -0.1) is 11.3 Å². The van der Waals surface area contributed by atoms with Crippen LogP contribution in [0.4, 0.5) is 0 Å². The van der Waals surface area contributed by atoms with Gasteiger partial charge in [0.1, 0.15) is 18.0 Å². The van der Waals surface area contributed by atoms with E-state index in [1.54, 1.807) is 16.2 Å². The molecule has 2 aromatic heterocycles. The molecule has 2 saturated heterocycles. The van der Waals surface area contributed by atoms with Crippen molar-refractivity contribution >= 4 is 45.6 Å². The highest BCUT2D eigenvalue weighted by atomic mass is 32.1. The van der Waals surface area contributed by atoms with E-state index in [0.717, 1.165) is 10.2 Å². The molecule has 5 atom stereocenters. The molecule has 5 rings (SSSR count). The van der Waals surface area contributed by atoms with Crippen molar-refractivity contribution in [2.24, 2.45) is 23.2 Å². The van der Waals surface area contributed by atoms with E-state index in [-0.39, 0.29) is 47.3 Å². The second kappa shape index (κ2) is 7.19. The minimum Gasteiger partial charge on any atom is -0.356 e. The molecule has 0 bridgehead atoms. The zero-order chi connectivity index (χ0) is 21.9. The second-order valence-electron chi connectivity index (χ2n) is 9.50. The van der Waals surface area contributed by atoms with Gasteiger partial charge in [0.15, 0.2) is 0 Å². The molecule has 1 saturated carbocycles. The Kier molecular flexibility index (Phi) is 4.69. The molecule has 3 N–H and O–H groups in total. The summed E-state index contributed by atoms with van der Waals surface area (Å²) in [5.41, 5.74) is 1.37. The Hall–Kier alpha value is -2.68. The van der Waals surface area contributed by atoms with Crippen molar-refractivity contribution in [2.75, 3.05) is 13.1 Å². The van der Waals surface area contributed by atoms with Gasteiger partial charge in [0.25, 0.3) is 5.91 Å². The Morgan fingerprint density at radius 2 is 2.23 bits per heavy atom. The number of piperidine rings is 1. The molecule has 0 unspecified atom stereocenters. The average Bonchev–Trinajstić information content (AvgIpc) is 3.34. The van der Waals surface area contributed by atoms with E-state index in [4.69, 9.17) is 0 Å². The normalized spacial score (nSPS) is 29.5. The van der Waals surface area contributed by atoms with Gasteiger partial charge in [0.05, 0.1) is 16.3 Å². The largest absolute Gasteiger partial charge is 0.356 e. The number of nitrogens with one attached hydrogen (secondary N) is 3. The maximum absolute atomic E-state index is 13.3. The van der Waals surface area contributed by atoms with Crippen molar-refractivity contribution in [1.82, 2.24) is 20.5 Å². The lowest BCUT2D eigenvalue weighted by molar-refractivity contribution is -0.129. The van der Waals surface area contributed by atoms with Gasteiger partial charge in [-0.25, -0.2) is 0 Å². The summed E-state index contributed by atoms with van der Waals surface area (Å²) in [5.74, 6) is -0.518. The molecule has 0 spiro atoms. The maximum atomic E-state index is 13.3. The number of amides is 3. The van der Waals surface area contributed by atoms with Gasteiger partial charge in [-0.05, 0) is 47.6 Å². The third-order valence-corrected chi connectivity index (χ3v) is 8.27. The summed E-state index contributed by atoms with van der Waals surface area (Å²) in [4.78, 5) is 54.9. The predicted molar refractivity (Wildman–Crippen MR) is 115 cm³/mol. The molecule has 31 heavy (non-hydrogen) atoms. The van der Waals surface area contributed by atoms with Crippen LogP contribution in [0.2, 0.25) is 0 Å². The van der Waals surface area contributed by atoms with Crippen LogP contribution in [0.3, 0.4) is 0 Å². The van der Waals surface area contributed by atoms with Crippen molar-refractivity contribution in [3.8, 4) is 0 Å². The highest BCUT2D eigenvalue weighted by molar-refractivity contribution is 7.17. The number of likely N-dealkylation sites (tertiary alicyclic amines) is 1. The van der Waals surface area contributed by atoms with Crippen molar-refractivity contribution in [2.45, 2.75) is 38.8 Å². The third-order valence-electron chi connectivity index (χ3n) is 7.40. The Morgan fingerprint density at radius 3 is 2.90 bits per heavy atom. The molecular weight excluding hydrogens is 416 g/mol. The number of H-pyrrole nitrogens is 1. The number of rotatable bonds is 6. The Labute approximate surface area is 183 Å². The number of fused-ring (bicyclic) bond motifs is 2. The van der Waals surface area contributed by atoms with Gasteiger partial charge < -0.3 is 25.3 Å². The molecule has 3 fully saturated rings. The highest BCUT2D eigenvalue weighted by Crippen LogP contribution is 2.65. The first-order chi connectivity index (χ1) is 14.8. The molecule has 4 heterocycles. The molecule has 0 aromatic carbocycles. The van der Waals surface area contributed by atoms with E-state index in [0.29, 0.717) is 31.5 Å². The second-order valence-corrected chi connectivity index (χ2v) is 10.4. The summed E-state index contributed by atoms with van der Waals surface area (Å²) in [6.07, 6.45) is 1.64. The number of aromatic amines is 1. The molecule has 9 heteroatoms. The number of thiophene rings is 1. The molecule has 2 aliphatic heterocycles. The maximum Gasteiger partial charge on any atom is 0.271 e. The number of aromatic nitrogens is 1. The fourth-order valence-electron chi connectivity index (χ4n) is 5.51. The quantitative estimate of drug-likeness (QED) is 0.589. The van der Waals surface area contributed by atoms with E-state index in [2.05, 4.69) is 29.5 Å². The van der Waals surface area contributed by atoms with E-state index >= 15 is 0 Å². The van der Waals surface area contributed by atoms with Crippen LogP contribution in [0.5, 0.6) is 0 Å². The van der Waals surface area contributed by atoms with Crippen LogP contribution in [0.1, 0.15) is 37.2 Å². The zero-order valence-corrected chi connectivity index (χ0v) is 18.3. The Morgan fingerprint density at radius 1 is 1.42 bits per heavy atom. The minimum atomic E-state index is -0.741. The van der Waals surface area contributed by atoms with E-state index in [1.807, 2.05) is 17.5 Å². The van der Waals surface area contributed by atoms with Crippen LogP contribution in [0.25, 0.3) is 10.2 Å². The van der Waals surface area contributed by atoms with Crippen LogP contribution in [0.15, 0.2) is 17.5 Å². The summed E-state index contributed by atoms with van der Waals surface area (Å²) >= 11 is 1.56. The lowest BCUT2D eigenvalue weighted by Gasteiger charge is -2.30. The van der Waals surface area contributed by atoms with Gasteiger partial charge in [0.2, 0.25) is 11.8 Å². The van der Waals surface area contributed by atoms with E-state index in [9.17, 15) is 19.2 Å². The summed E-state index contributed by atoms with van der Waals surface area (Å²) in [7, 11) is 0. The van der Waals surface area contributed by atoms with Gasteiger partial charge in [-0.3, -0.25) is 14.4 Å². The van der Waals surface area contributed by atoms with Crippen LogP contribution >= 0.6 is 11.3 Å². The summed E-state index contributed by atoms with van der Waals surface area (Å²) in [6.45, 7) is 5.36. The van der Waals surface area contributed by atoms with Crippen molar-refractivity contribution < 1.29 is 19.2 Å². The van der Waals surface area contributed by atoms with Crippen molar-refractivity contribution in [3.63, 3.8) is 0 Å². The lowest BCUT2D eigenvalue weighted by atomic mass is 9.97. The van der Waals surface area contributed by atoms with Gasteiger partial charge in [0, 0.05) is 19.0 Å². The molecule has 1 aliphatic carbocycles. The summed E-state index contributed by atoms with van der Waals surface area (Å²) in [6, 6.07) is 2.40. The molecule has 3 aliphatic rings. The average molecular weight is 443 g/mol. The number of hydrogen-bond donors (Lipinski definition) is 3. The first-order valence-electron chi connectivity index (χ1n) is 10.7. The Bertz CT molecular complexity index is 1040. The SMILES string of the molecule is CC1(C)[C@@H]2[C@@H](C(=O)N[C@H](C=O)C[C@@H]3CCNC3=O)N(C(=O)c3cc4sccc4[nH]3)C[C@@H]21. The fraction of sp³-hybridized carbons (Fsp3) is 0.545. The molecule has 3 amide bonds. The van der Waals surface area contributed by atoms with Crippen LogP contribution < -0.4 is 10.6 Å². The van der Waals surface area contributed by atoms with Gasteiger partial charge >= 0.3 is 0 Å². The zero-order valence-electron chi connectivity index (χ0n) is 17.5. The Balaban J connectivity index is 1.34. The minimum absolute atomic E-state index is 0.0170. The first kappa shape index (κ1) is 20.2. The monoisotopic (exact) mass is 442 g/mol. The van der Waals surface area contributed by atoms with Gasteiger partial charge in [-0.1, -0.05) is 13.8 Å². The topological polar surface area (TPSA) is 111 Å². The summed E-state index contributed by atoms with van der Waals surface area (Å²) < 4.78 is 1.00. The van der Waals surface area contributed by atoms with Crippen molar-refractivity contribution in [1.29, 1.82) is 0 Å².